The summed E-state index contributed by atoms with van der Waals surface area (Å²) in [7, 11) is 0. The number of halogens is 3. The highest BCUT2D eigenvalue weighted by Crippen LogP contribution is 2.39. The number of benzene rings is 1. The van der Waals surface area contributed by atoms with E-state index in [0.717, 1.165) is 22.3 Å². The standard InChI is InChI=1S/C13H11Br2FO/c1-7-5-9(16)6-8(2)11(7)12(14)10-3-4-17-13(10)15/h3-6,12H,1-2H3. The Kier molecular flexibility index (Phi) is 3.73. The van der Waals surface area contributed by atoms with Gasteiger partial charge in [0.15, 0.2) is 4.67 Å². The molecule has 0 saturated heterocycles. The molecule has 0 aliphatic rings. The van der Waals surface area contributed by atoms with Crippen LogP contribution >= 0.6 is 31.9 Å². The van der Waals surface area contributed by atoms with Crippen LogP contribution < -0.4 is 0 Å². The van der Waals surface area contributed by atoms with E-state index in [-0.39, 0.29) is 10.6 Å². The second-order valence-electron chi connectivity index (χ2n) is 3.97. The largest absolute Gasteiger partial charge is 0.457 e. The molecular weight excluding hydrogens is 351 g/mol. The highest BCUT2D eigenvalue weighted by atomic mass is 79.9. The number of furan rings is 1. The van der Waals surface area contributed by atoms with Crippen molar-refractivity contribution in [3.63, 3.8) is 0 Å². The Morgan fingerprint density at radius 2 is 1.82 bits per heavy atom. The van der Waals surface area contributed by atoms with Gasteiger partial charge in [-0.1, -0.05) is 15.9 Å². The lowest BCUT2D eigenvalue weighted by Gasteiger charge is -2.15. The van der Waals surface area contributed by atoms with Gasteiger partial charge in [0.1, 0.15) is 5.82 Å². The summed E-state index contributed by atoms with van der Waals surface area (Å²) in [5.41, 5.74) is 3.94. The van der Waals surface area contributed by atoms with Crippen LogP contribution in [0.2, 0.25) is 0 Å². The molecule has 2 rings (SSSR count). The minimum Gasteiger partial charge on any atom is -0.457 e. The molecule has 1 aromatic heterocycles. The quantitative estimate of drug-likeness (QED) is 0.663. The predicted octanol–water partition coefficient (Wildman–Crippen LogP) is 5.28. The maximum Gasteiger partial charge on any atom is 0.173 e. The highest BCUT2D eigenvalue weighted by Gasteiger charge is 2.19. The van der Waals surface area contributed by atoms with Crippen LogP contribution in [0.4, 0.5) is 4.39 Å². The first kappa shape index (κ1) is 12.8. The molecule has 0 fully saturated rings. The number of rotatable bonds is 2. The maximum atomic E-state index is 13.3. The summed E-state index contributed by atoms with van der Waals surface area (Å²) in [6.07, 6.45) is 1.63. The van der Waals surface area contributed by atoms with Gasteiger partial charge in [0.05, 0.1) is 11.1 Å². The van der Waals surface area contributed by atoms with Crippen molar-refractivity contribution in [2.24, 2.45) is 0 Å². The van der Waals surface area contributed by atoms with Gasteiger partial charge in [-0.25, -0.2) is 4.39 Å². The van der Waals surface area contributed by atoms with Gasteiger partial charge in [0, 0.05) is 5.56 Å². The van der Waals surface area contributed by atoms with E-state index in [1.807, 2.05) is 19.9 Å². The molecule has 1 unspecified atom stereocenters. The monoisotopic (exact) mass is 360 g/mol. The SMILES string of the molecule is Cc1cc(F)cc(C)c1C(Br)c1ccoc1Br. The average molecular weight is 362 g/mol. The van der Waals surface area contributed by atoms with Gasteiger partial charge in [0.2, 0.25) is 0 Å². The second kappa shape index (κ2) is 4.94. The fraction of sp³-hybridized carbons (Fsp3) is 0.231. The number of hydrogen-bond donors (Lipinski definition) is 0. The minimum atomic E-state index is -0.199. The Morgan fingerprint density at radius 3 is 2.29 bits per heavy atom. The summed E-state index contributed by atoms with van der Waals surface area (Å²) < 4.78 is 19.2. The normalized spacial score (nSPS) is 12.8. The van der Waals surface area contributed by atoms with Crippen LogP contribution in [0.5, 0.6) is 0 Å². The lowest BCUT2D eigenvalue weighted by Crippen LogP contribution is -1.99. The molecule has 0 aliphatic carbocycles. The fourth-order valence-corrected chi connectivity index (χ4v) is 3.82. The molecule has 0 radical (unpaired) electrons. The van der Waals surface area contributed by atoms with Crippen LogP contribution in [0.3, 0.4) is 0 Å². The van der Waals surface area contributed by atoms with Crippen LogP contribution in [0, 0.1) is 19.7 Å². The van der Waals surface area contributed by atoms with Gasteiger partial charge in [-0.05, 0) is 64.7 Å². The molecule has 1 aromatic carbocycles. The summed E-state index contributed by atoms with van der Waals surface area (Å²) in [5.74, 6) is -0.199. The molecule has 1 nitrogen and oxygen atoms in total. The third-order valence-electron chi connectivity index (χ3n) is 2.73. The summed E-state index contributed by atoms with van der Waals surface area (Å²) in [5, 5.41) is 0. The zero-order valence-corrected chi connectivity index (χ0v) is 12.6. The topological polar surface area (TPSA) is 13.1 Å². The van der Waals surface area contributed by atoms with E-state index >= 15 is 0 Å². The van der Waals surface area contributed by atoms with E-state index < -0.39 is 0 Å². The molecule has 0 N–H and O–H groups in total. The Balaban J connectivity index is 2.51. The molecule has 90 valence electrons. The molecule has 17 heavy (non-hydrogen) atoms. The van der Waals surface area contributed by atoms with Crippen molar-refractivity contribution < 1.29 is 8.81 Å². The smallest absolute Gasteiger partial charge is 0.173 e. The van der Waals surface area contributed by atoms with Crippen LogP contribution in [0.15, 0.2) is 33.5 Å². The van der Waals surface area contributed by atoms with Gasteiger partial charge in [-0.3, -0.25) is 0 Å². The van der Waals surface area contributed by atoms with Gasteiger partial charge < -0.3 is 4.42 Å². The highest BCUT2D eigenvalue weighted by molar-refractivity contribution is 9.10. The Hall–Kier alpha value is -0.610. The first-order valence-electron chi connectivity index (χ1n) is 5.14. The van der Waals surface area contributed by atoms with E-state index in [1.54, 1.807) is 18.4 Å². The Morgan fingerprint density at radius 1 is 1.24 bits per heavy atom. The molecule has 0 saturated carbocycles. The average Bonchev–Trinajstić information content (AvgIpc) is 2.62. The first-order valence-corrected chi connectivity index (χ1v) is 6.85. The molecule has 4 heteroatoms. The summed E-state index contributed by atoms with van der Waals surface area (Å²) in [6, 6.07) is 4.99. The number of alkyl halides is 1. The number of hydrogen-bond acceptors (Lipinski definition) is 1. The molecule has 1 atom stereocenters. The van der Waals surface area contributed by atoms with Crippen molar-refractivity contribution in [1.82, 2.24) is 0 Å². The van der Waals surface area contributed by atoms with Gasteiger partial charge >= 0.3 is 0 Å². The van der Waals surface area contributed by atoms with Crippen LogP contribution in [-0.2, 0) is 0 Å². The molecule has 0 spiro atoms. The van der Waals surface area contributed by atoms with E-state index in [9.17, 15) is 4.39 Å². The Bertz CT molecular complexity index is 525. The second-order valence-corrected chi connectivity index (χ2v) is 5.60. The van der Waals surface area contributed by atoms with Crippen molar-refractivity contribution in [1.29, 1.82) is 0 Å². The molecule has 0 bridgehead atoms. The zero-order chi connectivity index (χ0) is 12.6. The third kappa shape index (κ3) is 2.47. The minimum absolute atomic E-state index is 0.00350. The first-order chi connectivity index (χ1) is 8.00. The maximum absolute atomic E-state index is 13.3. The third-order valence-corrected chi connectivity index (χ3v) is 4.33. The molecular formula is C13H11Br2FO. The summed E-state index contributed by atoms with van der Waals surface area (Å²) >= 11 is 6.99. The summed E-state index contributed by atoms with van der Waals surface area (Å²) in [4.78, 5) is -0.00350. The van der Waals surface area contributed by atoms with E-state index in [4.69, 9.17) is 4.42 Å². The van der Waals surface area contributed by atoms with E-state index in [0.29, 0.717) is 4.67 Å². The molecule has 1 heterocycles. The predicted molar refractivity (Wildman–Crippen MR) is 73.1 cm³/mol. The fourth-order valence-electron chi connectivity index (χ4n) is 1.96. The molecule has 0 amide bonds. The van der Waals surface area contributed by atoms with E-state index in [1.165, 1.54) is 0 Å². The molecule has 2 aromatic rings. The zero-order valence-electron chi connectivity index (χ0n) is 9.43. The van der Waals surface area contributed by atoms with Crippen LogP contribution in [0.25, 0.3) is 0 Å². The van der Waals surface area contributed by atoms with Crippen LogP contribution in [-0.4, -0.2) is 0 Å². The van der Waals surface area contributed by atoms with E-state index in [2.05, 4.69) is 31.9 Å². The van der Waals surface area contributed by atoms with Crippen molar-refractivity contribution in [2.75, 3.05) is 0 Å². The van der Waals surface area contributed by atoms with Gasteiger partial charge in [-0.15, -0.1) is 0 Å². The number of aryl methyl sites for hydroxylation is 2. The Labute approximate surface area is 116 Å². The van der Waals surface area contributed by atoms with Crippen LogP contribution in [0.1, 0.15) is 27.1 Å². The molecule has 0 aliphatic heterocycles. The van der Waals surface area contributed by atoms with Crippen molar-refractivity contribution >= 4 is 31.9 Å². The van der Waals surface area contributed by atoms with Crippen molar-refractivity contribution in [2.45, 2.75) is 18.7 Å². The lowest BCUT2D eigenvalue weighted by atomic mass is 9.97. The lowest BCUT2D eigenvalue weighted by molar-refractivity contribution is 0.537. The van der Waals surface area contributed by atoms with Crippen molar-refractivity contribution in [3.8, 4) is 0 Å². The van der Waals surface area contributed by atoms with Gasteiger partial charge in [0.25, 0.3) is 0 Å². The van der Waals surface area contributed by atoms with Crippen molar-refractivity contribution in [3.05, 3.63) is 57.2 Å². The summed E-state index contributed by atoms with van der Waals surface area (Å²) in [6.45, 7) is 3.82. The van der Waals surface area contributed by atoms with Gasteiger partial charge in [-0.2, -0.15) is 0 Å².